The molecule has 146 valence electrons. The summed E-state index contributed by atoms with van der Waals surface area (Å²) in [6.45, 7) is 6.23. The number of rotatable bonds is 6. The summed E-state index contributed by atoms with van der Waals surface area (Å²) in [5.74, 6) is 0.951. The molecule has 2 aromatic rings. The fraction of sp³-hybridized carbons (Fsp3) is 0.500. The van der Waals surface area contributed by atoms with E-state index in [0.717, 1.165) is 45.0 Å². The van der Waals surface area contributed by atoms with Gasteiger partial charge in [-0.2, -0.15) is 0 Å². The molecular formula is C22H33N5. The number of aliphatic imine (C=N–C) groups is 1. The SMILES string of the molecule is CCC(CNC(=NC)N(C)Cc1cccn1C)N1CCc2ccccc2C1. The summed E-state index contributed by atoms with van der Waals surface area (Å²) < 4.78 is 2.16. The molecule has 0 aliphatic carbocycles. The highest BCUT2D eigenvalue weighted by molar-refractivity contribution is 5.79. The molecule has 3 rings (SSSR count). The van der Waals surface area contributed by atoms with Crippen molar-refractivity contribution in [3.8, 4) is 0 Å². The molecule has 2 heterocycles. The molecule has 0 spiro atoms. The minimum Gasteiger partial charge on any atom is -0.355 e. The van der Waals surface area contributed by atoms with E-state index in [-0.39, 0.29) is 0 Å². The van der Waals surface area contributed by atoms with Gasteiger partial charge >= 0.3 is 0 Å². The maximum atomic E-state index is 4.49. The zero-order valence-electron chi connectivity index (χ0n) is 17.2. The third kappa shape index (κ3) is 4.72. The van der Waals surface area contributed by atoms with Crippen LogP contribution in [0.15, 0.2) is 47.6 Å². The molecular weight excluding hydrogens is 334 g/mol. The van der Waals surface area contributed by atoms with Crippen molar-refractivity contribution in [2.45, 2.75) is 38.9 Å². The Labute approximate surface area is 163 Å². The highest BCUT2D eigenvalue weighted by Gasteiger charge is 2.22. The van der Waals surface area contributed by atoms with Gasteiger partial charge in [0.05, 0.1) is 6.54 Å². The molecule has 27 heavy (non-hydrogen) atoms. The largest absolute Gasteiger partial charge is 0.355 e. The standard InChI is InChI=1S/C22H33N5/c1-5-20(27-14-12-18-9-6-7-10-19(18)16-27)15-24-22(23-2)26(4)17-21-11-8-13-25(21)3/h6-11,13,20H,5,12,14-17H2,1-4H3,(H,23,24). The second-order valence-electron chi connectivity index (χ2n) is 7.45. The Morgan fingerprint density at radius 2 is 2.00 bits per heavy atom. The first-order valence-electron chi connectivity index (χ1n) is 9.95. The van der Waals surface area contributed by atoms with Gasteiger partial charge < -0.3 is 14.8 Å². The van der Waals surface area contributed by atoms with Crippen LogP contribution in [0.4, 0.5) is 0 Å². The summed E-state index contributed by atoms with van der Waals surface area (Å²) in [6.07, 6.45) is 4.36. The lowest BCUT2D eigenvalue weighted by atomic mass is 9.98. The van der Waals surface area contributed by atoms with Crippen molar-refractivity contribution in [1.82, 2.24) is 19.7 Å². The third-order valence-corrected chi connectivity index (χ3v) is 5.67. The minimum absolute atomic E-state index is 0.513. The van der Waals surface area contributed by atoms with Crippen LogP contribution in [0, 0.1) is 0 Å². The van der Waals surface area contributed by atoms with Crippen molar-refractivity contribution in [2.75, 3.05) is 27.2 Å². The van der Waals surface area contributed by atoms with Crippen LogP contribution >= 0.6 is 0 Å². The topological polar surface area (TPSA) is 35.8 Å². The van der Waals surface area contributed by atoms with E-state index in [2.05, 4.69) is 88.3 Å². The fourth-order valence-corrected chi connectivity index (χ4v) is 3.93. The summed E-state index contributed by atoms with van der Waals surface area (Å²) in [7, 11) is 6.04. The van der Waals surface area contributed by atoms with E-state index in [9.17, 15) is 0 Å². The zero-order valence-corrected chi connectivity index (χ0v) is 17.2. The lowest BCUT2D eigenvalue weighted by Gasteiger charge is -2.36. The van der Waals surface area contributed by atoms with Crippen LogP contribution in [0.3, 0.4) is 0 Å². The molecule has 0 saturated carbocycles. The van der Waals surface area contributed by atoms with Gasteiger partial charge in [0.2, 0.25) is 0 Å². The molecule has 0 bridgehead atoms. The van der Waals surface area contributed by atoms with E-state index >= 15 is 0 Å². The van der Waals surface area contributed by atoms with E-state index in [1.165, 1.54) is 16.8 Å². The summed E-state index contributed by atoms with van der Waals surface area (Å²) >= 11 is 0. The first kappa shape index (κ1) is 19.5. The highest BCUT2D eigenvalue weighted by atomic mass is 15.3. The van der Waals surface area contributed by atoms with Crippen molar-refractivity contribution < 1.29 is 0 Å². The van der Waals surface area contributed by atoms with E-state index in [0.29, 0.717) is 6.04 Å². The number of hydrogen-bond donors (Lipinski definition) is 1. The van der Waals surface area contributed by atoms with Gasteiger partial charge in [-0.3, -0.25) is 9.89 Å². The second kappa shape index (κ2) is 9.09. The Morgan fingerprint density at radius 1 is 1.22 bits per heavy atom. The van der Waals surface area contributed by atoms with Crippen LogP contribution in [-0.4, -0.2) is 53.6 Å². The predicted molar refractivity (Wildman–Crippen MR) is 113 cm³/mol. The Balaban J connectivity index is 1.57. The molecule has 1 aliphatic rings. The Hall–Kier alpha value is -2.27. The fourth-order valence-electron chi connectivity index (χ4n) is 3.93. The van der Waals surface area contributed by atoms with Crippen LogP contribution in [0.25, 0.3) is 0 Å². The van der Waals surface area contributed by atoms with Crippen LogP contribution in [-0.2, 0) is 26.6 Å². The van der Waals surface area contributed by atoms with E-state index < -0.39 is 0 Å². The number of aryl methyl sites for hydroxylation is 1. The van der Waals surface area contributed by atoms with Crippen LogP contribution in [0.5, 0.6) is 0 Å². The zero-order chi connectivity index (χ0) is 19.2. The second-order valence-corrected chi connectivity index (χ2v) is 7.45. The summed E-state index contributed by atoms with van der Waals surface area (Å²) in [5, 5.41) is 3.60. The molecule has 5 nitrogen and oxygen atoms in total. The number of benzene rings is 1. The molecule has 1 aromatic heterocycles. The van der Waals surface area contributed by atoms with Crippen molar-refractivity contribution >= 4 is 5.96 Å². The molecule has 1 atom stereocenters. The van der Waals surface area contributed by atoms with Crippen LogP contribution in [0.2, 0.25) is 0 Å². The maximum Gasteiger partial charge on any atom is 0.193 e. The van der Waals surface area contributed by atoms with Crippen molar-refractivity contribution in [3.05, 3.63) is 59.4 Å². The first-order chi connectivity index (χ1) is 13.1. The Morgan fingerprint density at radius 3 is 2.67 bits per heavy atom. The van der Waals surface area contributed by atoms with Crippen LogP contribution < -0.4 is 5.32 Å². The number of nitrogens with one attached hydrogen (secondary N) is 1. The molecule has 1 aromatic carbocycles. The van der Waals surface area contributed by atoms with Gasteiger partial charge in [0.1, 0.15) is 0 Å². The molecule has 1 aliphatic heterocycles. The molecule has 0 saturated heterocycles. The predicted octanol–water partition coefficient (Wildman–Crippen LogP) is 2.87. The van der Waals surface area contributed by atoms with E-state index in [1.54, 1.807) is 0 Å². The van der Waals surface area contributed by atoms with E-state index in [1.807, 2.05) is 7.05 Å². The molecule has 5 heteroatoms. The van der Waals surface area contributed by atoms with Gasteiger partial charge in [-0.1, -0.05) is 31.2 Å². The number of nitrogens with zero attached hydrogens (tertiary/aromatic N) is 4. The van der Waals surface area contributed by atoms with Crippen molar-refractivity contribution in [3.63, 3.8) is 0 Å². The number of hydrogen-bond acceptors (Lipinski definition) is 2. The lowest BCUT2D eigenvalue weighted by molar-refractivity contribution is 0.173. The average molecular weight is 368 g/mol. The number of aromatic nitrogens is 1. The van der Waals surface area contributed by atoms with Gasteiger partial charge in [-0.05, 0) is 36.1 Å². The summed E-state index contributed by atoms with van der Waals surface area (Å²) in [4.78, 5) is 9.29. The average Bonchev–Trinajstić information content (AvgIpc) is 3.09. The molecule has 1 unspecified atom stereocenters. The van der Waals surface area contributed by atoms with Crippen LogP contribution in [0.1, 0.15) is 30.2 Å². The molecule has 0 radical (unpaired) electrons. The monoisotopic (exact) mass is 367 g/mol. The van der Waals surface area contributed by atoms with Gasteiger partial charge in [-0.25, -0.2) is 0 Å². The van der Waals surface area contributed by atoms with Gasteiger partial charge in [0.25, 0.3) is 0 Å². The Bertz CT molecular complexity index is 764. The number of fused-ring (bicyclic) bond motifs is 1. The Kier molecular flexibility index (Phi) is 6.56. The first-order valence-corrected chi connectivity index (χ1v) is 9.95. The van der Waals surface area contributed by atoms with Gasteiger partial charge in [-0.15, -0.1) is 0 Å². The lowest BCUT2D eigenvalue weighted by Crippen LogP contribution is -2.48. The molecule has 0 amide bonds. The summed E-state index contributed by atoms with van der Waals surface area (Å²) in [5.41, 5.74) is 4.27. The molecule has 0 fully saturated rings. The highest BCUT2D eigenvalue weighted by Crippen LogP contribution is 2.21. The summed E-state index contributed by atoms with van der Waals surface area (Å²) in [6, 6.07) is 13.6. The maximum absolute atomic E-state index is 4.49. The van der Waals surface area contributed by atoms with Gasteiger partial charge in [0.15, 0.2) is 5.96 Å². The quantitative estimate of drug-likeness (QED) is 0.630. The molecule has 1 N–H and O–H groups in total. The third-order valence-electron chi connectivity index (χ3n) is 5.67. The van der Waals surface area contributed by atoms with Gasteiger partial charge in [0, 0.05) is 58.7 Å². The van der Waals surface area contributed by atoms with Crippen molar-refractivity contribution in [2.24, 2.45) is 12.0 Å². The smallest absolute Gasteiger partial charge is 0.193 e. The minimum atomic E-state index is 0.513. The normalized spacial score (nSPS) is 16.1. The van der Waals surface area contributed by atoms with Crippen molar-refractivity contribution in [1.29, 1.82) is 0 Å². The van der Waals surface area contributed by atoms with E-state index in [4.69, 9.17) is 0 Å². The number of guanidine groups is 1.